The lowest BCUT2D eigenvalue weighted by molar-refractivity contribution is -0.154. The Labute approximate surface area is 133 Å². The Morgan fingerprint density at radius 3 is 2.74 bits per heavy atom. The van der Waals surface area contributed by atoms with Gasteiger partial charge < -0.3 is 14.7 Å². The Bertz CT molecular complexity index is 682. The van der Waals surface area contributed by atoms with Gasteiger partial charge in [0.05, 0.1) is 19.7 Å². The maximum atomic E-state index is 12.5. The predicted octanol–water partition coefficient (Wildman–Crippen LogP) is 0.857. The van der Waals surface area contributed by atoms with Gasteiger partial charge in [-0.1, -0.05) is 12.1 Å². The van der Waals surface area contributed by atoms with Gasteiger partial charge >= 0.3 is 5.97 Å². The molecule has 1 fully saturated rings. The average molecular weight is 315 g/mol. The van der Waals surface area contributed by atoms with Crippen molar-refractivity contribution in [1.29, 1.82) is 0 Å². The highest BCUT2D eigenvalue weighted by molar-refractivity contribution is 5.94. The van der Waals surface area contributed by atoms with Gasteiger partial charge in [0.15, 0.2) is 6.10 Å². The number of carbonyl (C=O) groups is 2. The van der Waals surface area contributed by atoms with Gasteiger partial charge in [0.1, 0.15) is 0 Å². The van der Waals surface area contributed by atoms with Crippen molar-refractivity contribution in [3.05, 3.63) is 53.9 Å². The summed E-state index contributed by atoms with van der Waals surface area (Å²) in [5.41, 5.74) is 1.58. The van der Waals surface area contributed by atoms with Crippen LogP contribution in [-0.2, 0) is 16.1 Å². The molecule has 1 aliphatic heterocycles. The molecule has 1 aromatic heterocycles. The summed E-state index contributed by atoms with van der Waals surface area (Å²) in [7, 11) is 0. The van der Waals surface area contributed by atoms with Crippen LogP contribution in [0.2, 0.25) is 0 Å². The molecule has 2 aromatic rings. The molecule has 0 unspecified atom stereocenters. The Morgan fingerprint density at radius 2 is 2.09 bits per heavy atom. The number of hydrogen-bond acceptors (Lipinski definition) is 4. The van der Waals surface area contributed by atoms with Crippen LogP contribution in [0.25, 0.3) is 0 Å². The van der Waals surface area contributed by atoms with Crippen molar-refractivity contribution in [2.45, 2.75) is 12.6 Å². The Morgan fingerprint density at radius 1 is 1.30 bits per heavy atom. The molecule has 2 heterocycles. The van der Waals surface area contributed by atoms with Gasteiger partial charge in [0.2, 0.25) is 0 Å². The average Bonchev–Trinajstić information content (AvgIpc) is 3.08. The molecule has 0 saturated carbocycles. The molecular weight excluding hydrogens is 298 g/mol. The van der Waals surface area contributed by atoms with Gasteiger partial charge in [-0.3, -0.25) is 9.48 Å². The van der Waals surface area contributed by atoms with Crippen LogP contribution in [0.1, 0.15) is 15.9 Å². The van der Waals surface area contributed by atoms with Crippen molar-refractivity contribution in [2.24, 2.45) is 0 Å². The number of rotatable bonds is 4. The fraction of sp³-hybridized carbons (Fsp3) is 0.312. The van der Waals surface area contributed by atoms with E-state index in [1.165, 1.54) is 4.90 Å². The first-order chi connectivity index (χ1) is 11.1. The van der Waals surface area contributed by atoms with Crippen molar-refractivity contribution < 1.29 is 19.4 Å². The molecule has 7 nitrogen and oxygen atoms in total. The zero-order valence-electron chi connectivity index (χ0n) is 12.5. The van der Waals surface area contributed by atoms with Crippen molar-refractivity contribution in [1.82, 2.24) is 14.7 Å². The van der Waals surface area contributed by atoms with E-state index in [0.717, 1.165) is 5.56 Å². The summed E-state index contributed by atoms with van der Waals surface area (Å²) in [6.07, 6.45) is 2.64. The summed E-state index contributed by atoms with van der Waals surface area (Å²) in [6, 6.07) is 9.13. The fourth-order valence-electron chi connectivity index (χ4n) is 2.50. The molecule has 0 aliphatic carbocycles. The lowest BCUT2D eigenvalue weighted by atomic mass is 10.1. The number of benzene rings is 1. The smallest absolute Gasteiger partial charge is 0.334 e. The van der Waals surface area contributed by atoms with Crippen LogP contribution in [0, 0.1) is 0 Å². The van der Waals surface area contributed by atoms with Crippen LogP contribution in [0.3, 0.4) is 0 Å². The van der Waals surface area contributed by atoms with E-state index in [1.54, 1.807) is 23.0 Å². The number of nitrogens with zero attached hydrogens (tertiary/aromatic N) is 3. The van der Waals surface area contributed by atoms with E-state index in [0.29, 0.717) is 18.7 Å². The molecule has 120 valence electrons. The Hall–Kier alpha value is -2.67. The largest absolute Gasteiger partial charge is 0.479 e. The molecule has 1 N–H and O–H groups in total. The number of carboxylic acids is 1. The van der Waals surface area contributed by atoms with Crippen LogP contribution in [0.5, 0.6) is 0 Å². The SMILES string of the molecule is O=C(O)[C@@H]1CN(C(=O)c2ccc(Cn3cccn3)cc2)CCO1. The van der Waals surface area contributed by atoms with Crippen molar-refractivity contribution in [3.63, 3.8) is 0 Å². The van der Waals surface area contributed by atoms with Crippen molar-refractivity contribution >= 4 is 11.9 Å². The number of morpholine rings is 1. The first-order valence-electron chi connectivity index (χ1n) is 7.33. The minimum Gasteiger partial charge on any atom is -0.479 e. The molecule has 1 atom stereocenters. The van der Waals surface area contributed by atoms with Crippen LogP contribution < -0.4 is 0 Å². The highest BCUT2D eigenvalue weighted by Gasteiger charge is 2.29. The molecule has 23 heavy (non-hydrogen) atoms. The van der Waals surface area contributed by atoms with Crippen LogP contribution in [-0.4, -0.2) is 57.5 Å². The molecule has 7 heteroatoms. The van der Waals surface area contributed by atoms with Crippen LogP contribution >= 0.6 is 0 Å². The van der Waals surface area contributed by atoms with Crippen molar-refractivity contribution in [3.8, 4) is 0 Å². The van der Waals surface area contributed by atoms with Crippen LogP contribution in [0.15, 0.2) is 42.7 Å². The third kappa shape index (κ3) is 3.57. The van der Waals surface area contributed by atoms with E-state index >= 15 is 0 Å². The fourth-order valence-corrected chi connectivity index (χ4v) is 2.50. The summed E-state index contributed by atoms with van der Waals surface area (Å²) >= 11 is 0. The summed E-state index contributed by atoms with van der Waals surface area (Å²) in [6.45, 7) is 1.35. The lowest BCUT2D eigenvalue weighted by Crippen LogP contribution is -2.48. The monoisotopic (exact) mass is 315 g/mol. The standard InChI is InChI=1S/C16H17N3O4/c20-15(18-8-9-23-14(11-18)16(21)22)13-4-2-12(3-5-13)10-19-7-1-6-17-19/h1-7,14H,8-11H2,(H,21,22)/t14-/m0/s1. The molecule has 1 amide bonds. The highest BCUT2D eigenvalue weighted by Crippen LogP contribution is 2.12. The third-order valence-electron chi connectivity index (χ3n) is 3.73. The Balaban J connectivity index is 1.66. The van der Waals surface area contributed by atoms with E-state index in [1.807, 2.05) is 24.4 Å². The second-order valence-corrected chi connectivity index (χ2v) is 5.35. The quantitative estimate of drug-likeness (QED) is 0.904. The molecular formula is C16H17N3O4. The van der Waals surface area contributed by atoms with E-state index in [9.17, 15) is 9.59 Å². The first-order valence-corrected chi connectivity index (χ1v) is 7.33. The van der Waals surface area contributed by atoms with Gasteiger partial charge in [-0.05, 0) is 23.8 Å². The second-order valence-electron chi connectivity index (χ2n) is 5.35. The van der Waals surface area contributed by atoms with E-state index < -0.39 is 12.1 Å². The molecule has 3 rings (SSSR count). The van der Waals surface area contributed by atoms with Gasteiger partial charge in [0.25, 0.3) is 5.91 Å². The van der Waals surface area contributed by atoms with Crippen molar-refractivity contribution in [2.75, 3.05) is 19.7 Å². The maximum absolute atomic E-state index is 12.5. The van der Waals surface area contributed by atoms with Gasteiger partial charge in [-0.15, -0.1) is 0 Å². The number of carbonyl (C=O) groups excluding carboxylic acids is 1. The first kappa shape index (κ1) is 15.2. The summed E-state index contributed by atoms with van der Waals surface area (Å²) in [5.74, 6) is -1.22. The zero-order valence-corrected chi connectivity index (χ0v) is 12.5. The minimum absolute atomic E-state index is 0.0726. The lowest BCUT2D eigenvalue weighted by Gasteiger charge is -2.30. The number of hydrogen-bond donors (Lipinski definition) is 1. The minimum atomic E-state index is -1.04. The predicted molar refractivity (Wildman–Crippen MR) is 81.1 cm³/mol. The molecule has 0 radical (unpaired) electrons. The van der Waals surface area contributed by atoms with E-state index in [2.05, 4.69) is 5.10 Å². The van der Waals surface area contributed by atoms with E-state index in [4.69, 9.17) is 9.84 Å². The number of aliphatic carboxylic acids is 1. The number of ether oxygens (including phenoxy) is 1. The molecule has 0 spiro atoms. The second kappa shape index (κ2) is 6.62. The number of aromatic nitrogens is 2. The zero-order chi connectivity index (χ0) is 16.2. The summed E-state index contributed by atoms with van der Waals surface area (Å²) < 4.78 is 6.93. The number of amides is 1. The normalized spacial score (nSPS) is 17.9. The molecule has 1 aliphatic rings. The van der Waals surface area contributed by atoms with Gasteiger partial charge in [-0.2, -0.15) is 5.10 Å². The van der Waals surface area contributed by atoms with Crippen LogP contribution in [0.4, 0.5) is 0 Å². The van der Waals surface area contributed by atoms with Gasteiger partial charge in [-0.25, -0.2) is 4.79 Å². The maximum Gasteiger partial charge on any atom is 0.334 e. The molecule has 1 aromatic carbocycles. The molecule has 1 saturated heterocycles. The molecule has 0 bridgehead atoms. The highest BCUT2D eigenvalue weighted by atomic mass is 16.5. The topological polar surface area (TPSA) is 84.7 Å². The van der Waals surface area contributed by atoms with Gasteiger partial charge in [0, 0.05) is 24.5 Å². The third-order valence-corrected chi connectivity index (χ3v) is 3.73. The number of carboxylic acid groups (broad SMARTS) is 1. The Kier molecular flexibility index (Phi) is 4.38. The van der Waals surface area contributed by atoms with E-state index in [-0.39, 0.29) is 19.1 Å². The summed E-state index contributed by atoms with van der Waals surface area (Å²) in [4.78, 5) is 25.0. The summed E-state index contributed by atoms with van der Waals surface area (Å²) in [5, 5.41) is 13.1.